The fourth-order valence-corrected chi connectivity index (χ4v) is 2.42. The largest absolute Gasteiger partial charge is 0.378 e. The van der Waals surface area contributed by atoms with Gasteiger partial charge in [0.15, 0.2) is 0 Å². The zero-order chi connectivity index (χ0) is 8.86. The monoisotopic (exact) mass is 234 g/mol. The molecule has 0 bridgehead atoms. The molecule has 2 heteroatoms. The van der Waals surface area contributed by atoms with Crippen LogP contribution in [0.3, 0.4) is 0 Å². The van der Waals surface area contributed by atoms with Crippen molar-refractivity contribution in [2.75, 3.05) is 12.4 Å². The van der Waals surface area contributed by atoms with Gasteiger partial charge < -0.3 is 4.74 Å². The summed E-state index contributed by atoms with van der Waals surface area (Å²) in [6.45, 7) is 0. The van der Waals surface area contributed by atoms with Crippen molar-refractivity contribution in [1.29, 1.82) is 0 Å². The van der Waals surface area contributed by atoms with Gasteiger partial charge in [0.25, 0.3) is 0 Å². The van der Waals surface area contributed by atoms with Gasteiger partial charge in [-0.05, 0) is 25.7 Å². The molecule has 0 radical (unpaired) electrons. The lowest BCUT2D eigenvalue weighted by Crippen LogP contribution is -2.33. The van der Waals surface area contributed by atoms with Crippen molar-refractivity contribution < 1.29 is 4.74 Å². The number of methoxy groups -OCH3 is 1. The van der Waals surface area contributed by atoms with E-state index in [1.807, 2.05) is 7.11 Å². The first-order valence-electron chi connectivity index (χ1n) is 4.94. The Morgan fingerprint density at radius 1 is 1.25 bits per heavy atom. The number of hydrogen-bond acceptors (Lipinski definition) is 1. The molecule has 0 atom stereocenters. The van der Waals surface area contributed by atoms with Gasteiger partial charge in [0.2, 0.25) is 0 Å². The van der Waals surface area contributed by atoms with Gasteiger partial charge in [0, 0.05) is 12.4 Å². The summed E-state index contributed by atoms with van der Waals surface area (Å²) in [5.74, 6) is 0. The third-order valence-electron chi connectivity index (χ3n) is 2.96. The molecule has 0 saturated heterocycles. The molecule has 0 spiro atoms. The Labute approximate surface area is 84.0 Å². The normalized spacial score (nSPS) is 22.5. The minimum absolute atomic E-state index is 0.242. The zero-order valence-electron chi connectivity index (χ0n) is 7.94. The van der Waals surface area contributed by atoms with Gasteiger partial charge >= 0.3 is 0 Å². The van der Waals surface area contributed by atoms with Crippen molar-refractivity contribution in [3.8, 4) is 0 Å². The Kier molecular flexibility index (Phi) is 4.59. The van der Waals surface area contributed by atoms with Crippen molar-refractivity contribution in [2.45, 2.75) is 50.5 Å². The van der Waals surface area contributed by atoms with Gasteiger partial charge in [-0.1, -0.05) is 35.2 Å². The lowest BCUT2D eigenvalue weighted by molar-refractivity contribution is -0.0456. The lowest BCUT2D eigenvalue weighted by Gasteiger charge is -2.36. The average Bonchev–Trinajstić information content (AvgIpc) is 2.16. The van der Waals surface area contributed by atoms with Crippen LogP contribution >= 0.6 is 15.9 Å². The Balaban J connectivity index is 2.37. The van der Waals surface area contributed by atoms with Crippen molar-refractivity contribution in [2.24, 2.45) is 0 Å². The molecule has 1 nitrogen and oxygen atoms in total. The highest BCUT2D eigenvalue weighted by molar-refractivity contribution is 9.09. The summed E-state index contributed by atoms with van der Waals surface area (Å²) < 4.78 is 5.66. The van der Waals surface area contributed by atoms with Crippen LogP contribution < -0.4 is 0 Å². The molecule has 0 aromatic rings. The Morgan fingerprint density at radius 3 is 2.42 bits per heavy atom. The third kappa shape index (κ3) is 2.74. The molecule has 1 aliphatic rings. The van der Waals surface area contributed by atoms with E-state index < -0.39 is 0 Å². The first-order chi connectivity index (χ1) is 5.83. The second kappa shape index (κ2) is 5.23. The van der Waals surface area contributed by atoms with E-state index in [4.69, 9.17) is 4.74 Å². The molecule has 0 unspecified atom stereocenters. The van der Waals surface area contributed by atoms with Crippen molar-refractivity contribution >= 4 is 15.9 Å². The van der Waals surface area contributed by atoms with Crippen LogP contribution in [0.1, 0.15) is 44.9 Å². The van der Waals surface area contributed by atoms with Crippen LogP contribution in [-0.2, 0) is 4.74 Å². The molecule has 1 rings (SSSR count). The highest BCUT2D eigenvalue weighted by atomic mass is 79.9. The molecule has 1 saturated carbocycles. The second-order valence-corrected chi connectivity index (χ2v) is 4.53. The zero-order valence-corrected chi connectivity index (χ0v) is 9.53. The van der Waals surface area contributed by atoms with E-state index in [1.165, 1.54) is 44.9 Å². The maximum atomic E-state index is 5.66. The fourth-order valence-electron chi connectivity index (χ4n) is 2.14. The number of ether oxygens (including phenoxy) is 1. The topological polar surface area (TPSA) is 9.23 Å². The van der Waals surface area contributed by atoms with Gasteiger partial charge in [-0.25, -0.2) is 0 Å². The maximum Gasteiger partial charge on any atom is 0.0679 e. The fraction of sp³-hybridized carbons (Fsp3) is 1.00. The summed E-state index contributed by atoms with van der Waals surface area (Å²) in [5, 5.41) is 1.11. The van der Waals surface area contributed by atoms with Crippen molar-refractivity contribution in [1.82, 2.24) is 0 Å². The summed E-state index contributed by atoms with van der Waals surface area (Å²) in [6.07, 6.45) is 9.14. The number of alkyl halides is 1. The molecule has 0 aromatic carbocycles. The molecule has 0 N–H and O–H groups in total. The summed E-state index contributed by atoms with van der Waals surface area (Å²) >= 11 is 3.47. The average molecular weight is 235 g/mol. The van der Waals surface area contributed by atoms with Gasteiger partial charge in [0.05, 0.1) is 5.60 Å². The van der Waals surface area contributed by atoms with E-state index in [0.29, 0.717) is 0 Å². The van der Waals surface area contributed by atoms with E-state index in [2.05, 4.69) is 15.9 Å². The van der Waals surface area contributed by atoms with Crippen LogP contribution in [0.2, 0.25) is 0 Å². The summed E-state index contributed by atoms with van der Waals surface area (Å²) in [4.78, 5) is 0. The molecule has 1 aliphatic carbocycles. The van der Waals surface area contributed by atoms with Crippen LogP contribution in [0.15, 0.2) is 0 Å². The molecular formula is C10H19BrO. The first-order valence-corrected chi connectivity index (χ1v) is 6.06. The van der Waals surface area contributed by atoms with Crippen molar-refractivity contribution in [3.63, 3.8) is 0 Å². The molecule has 0 aromatic heterocycles. The second-order valence-electron chi connectivity index (χ2n) is 3.74. The standard InChI is InChI=1S/C10H19BrO/c1-12-10(8-5-9-11)6-3-2-4-7-10/h2-9H2,1H3. The Morgan fingerprint density at radius 2 is 1.92 bits per heavy atom. The SMILES string of the molecule is COC1(CCCBr)CCCCC1. The van der Waals surface area contributed by atoms with Crippen LogP contribution in [0.5, 0.6) is 0 Å². The number of hydrogen-bond donors (Lipinski definition) is 0. The molecular weight excluding hydrogens is 216 g/mol. The van der Waals surface area contributed by atoms with Gasteiger partial charge in [-0.15, -0.1) is 0 Å². The first kappa shape index (κ1) is 10.5. The molecule has 0 heterocycles. The van der Waals surface area contributed by atoms with Crippen LogP contribution in [0.4, 0.5) is 0 Å². The Hall–Kier alpha value is 0.440. The summed E-state index contributed by atoms with van der Waals surface area (Å²) in [7, 11) is 1.87. The van der Waals surface area contributed by atoms with Crippen LogP contribution in [0, 0.1) is 0 Å². The predicted molar refractivity (Wildman–Crippen MR) is 55.9 cm³/mol. The van der Waals surface area contributed by atoms with Crippen LogP contribution in [-0.4, -0.2) is 18.0 Å². The number of rotatable bonds is 4. The quantitative estimate of drug-likeness (QED) is 0.677. The molecule has 1 fully saturated rings. The molecule has 0 aliphatic heterocycles. The van der Waals surface area contributed by atoms with E-state index in [9.17, 15) is 0 Å². The molecule has 12 heavy (non-hydrogen) atoms. The lowest BCUT2D eigenvalue weighted by atomic mass is 9.81. The molecule has 72 valence electrons. The van der Waals surface area contributed by atoms with E-state index in [-0.39, 0.29) is 5.60 Å². The summed E-state index contributed by atoms with van der Waals surface area (Å²) in [5.41, 5.74) is 0.242. The minimum Gasteiger partial charge on any atom is -0.378 e. The predicted octanol–water partition coefficient (Wildman–Crippen LogP) is 3.51. The number of halogens is 1. The summed E-state index contributed by atoms with van der Waals surface area (Å²) in [6, 6.07) is 0. The highest BCUT2D eigenvalue weighted by Crippen LogP contribution is 2.34. The van der Waals surface area contributed by atoms with Gasteiger partial charge in [-0.2, -0.15) is 0 Å². The van der Waals surface area contributed by atoms with E-state index in [1.54, 1.807) is 0 Å². The smallest absolute Gasteiger partial charge is 0.0679 e. The van der Waals surface area contributed by atoms with Crippen molar-refractivity contribution in [3.05, 3.63) is 0 Å². The maximum absolute atomic E-state index is 5.66. The Bertz CT molecular complexity index is 119. The van der Waals surface area contributed by atoms with Crippen LogP contribution in [0.25, 0.3) is 0 Å². The highest BCUT2D eigenvalue weighted by Gasteiger charge is 2.30. The van der Waals surface area contributed by atoms with Gasteiger partial charge in [0.1, 0.15) is 0 Å². The van der Waals surface area contributed by atoms with E-state index >= 15 is 0 Å². The minimum atomic E-state index is 0.242. The third-order valence-corrected chi connectivity index (χ3v) is 3.52. The van der Waals surface area contributed by atoms with Gasteiger partial charge in [-0.3, -0.25) is 0 Å². The molecule has 0 amide bonds. The van der Waals surface area contributed by atoms with E-state index in [0.717, 1.165) is 5.33 Å².